The molecule has 0 spiro atoms. The molecule has 1 unspecified atom stereocenters. The van der Waals surface area contributed by atoms with Gasteiger partial charge in [-0.25, -0.2) is 0 Å². The third-order valence-corrected chi connectivity index (χ3v) is 4.62. The molecule has 94 valence electrons. The van der Waals surface area contributed by atoms with Crippen molar-refractivity contribution in [3.8, 4) is 0 Å². The van der Waals surface area contributed by atoms with Crippen molar-refractivity contribution in [2.45, 2.75) is 45.1 Å². The molecule has 1 aliphatic rings. The maximum absolute atomic E-state index is 3.74. The van der Waals surface area contributed by atoms with Crippen LogP contribution in [0.15, 0.2) is 28.7 Å². The lowest BCUT2D eigenvalue weighted by molar-refractivity contribution is 0.252. The first-order chi connectivity index (χ1) is 8.12. The van der Waals surface area contributed by atoms with Gasteiger partial charge in [-0.2, -0.15) is 0 Å². The van der Waals surface area contributed by atoms with Gasteiger partial charge in [-0.3, -0.25) is 0 Å². The van der Waals surface area contributed by atoms with Gasteiger partial charge in [0.25, 0.3) is 0 Å². The van der Waals surface area contributed by atoms with Crippen molar-refractivity contribution in [1.82, 2.24) is 5.32 Å². The topological polar surface area (TPSA) is 12.0 Å². The fraction of sp³-hybridized carbons (Fsp3) is 0.600. The van der Waals surface area contributed by atoms with Crippen LogP contribution in [0.1, 0.15) is 38.7 Å². The van der Waals surface area contributed by atoms with Gasteiger partial charge in [0, 0.05) is 10.0 Å². The molecular weight excluding hydrogens is 274 g/mol. The molecule has 0 amide bonds. The largest absolute Gasteiger partial charge is 0.311 e. The van der Waals surface area contributed by atoms with Crippen molar-refractivity contribution in [1.29, 1.82) is 0 Å². The molecule has 2 rings (SSSR count). The van der Waals surface area contributed by atoms with Gasteiger partial charge >= 0.3 is 0 Å². The first-order valence-electron chi connectivity index (χ1n) is 6.62. The molecule has 0 aliphatic carbocycles. The highest BCUT2D eigenvalue weighted by Gasteiger charge is 2.35. The van der Waals surface area contributed by atoms with E-state index in [1.54, 1.807) is 0 Å². The Bertz CT molecular complexity index is 367. The summed E-state index contributed by atoms with van der Waals surface area (Å²) in [5.41, 5.74) is 1.82. The summed E-state index contributed by atoms with van der Waals surface area (Å²) in [5, 5.41) is 3.74. The molecule has 1 aliphatic heterocycles. The third kappa shape index (κ3) is 3.11. The number of aryl methyl sites for hydroxylation is 1. The summed E-state index contributed by atoms with van der Waals surface area (Å²) in [6, 6.07) is 8.69. The minimum absolute atomic E-state index is 0.377. The van der Waals surface area contributed by atoms with Crippen molar-refractivity contribution >= 4 is 15.9 Å². The van der Waals surface area contributed by atoms with E-state index in [1.165, 1.54) is 42.3 Å². The van der Waals surface area contributed by atoms with Gasteiger partial charge in [-0.15, -0.1) is 0 Å². The molecule has 1 N–H and O–H groups in total. The van der Waals surface area contributed by atoms with Gasteiger partial charge in [0.1, 0.15) is 0 Å². The number of hydrogen-bond acceptors (Lipinski definition) is 1. The van der Waals surface area contributed by atoms with Crippen LogP contribution in [0.3, 0.4) is 0 Å². The Labute approximate surface area is 113 Å². The second kappa shape index (κ2) is 5.53. The Morgan fingerprint density at radius 2 is 2.24 bits per heavy atom. The summed E-state index contributed by atoms with van der Waals surface area (Å²) in [6.07, 6.45) is 5.08. The predicted octanol–water partition coefficient (Wildman–Crippen LogP) is 4.16. The summed E-state index contributed by atoms with van der Waals surface area (Å²) in [5.74, 6) is 0.720. The van der Waals surface area contributed by atoms with Crippen LogP contribution in [-0.4, -0.2) is 12.1 Å². The minimum Gasteiger partial charge on any atom is -0.311 e. The predicted molar refractivity (Wildman–Crippen MR) is 77.3 cm³/mol. The maximum atomic E-state index is 3.74. The SMILES string of the molecule is CC(C)C1(CCc2cccc(Br)c2)CCCN1. The van der Waals surface area contributed by atoms with E-state index >= 15 is 0 Å². The number of nitrogens with one attached hydrogen (secondary N) is 1. The Kier molecular flexibility index (Phi) is 4.26. The van der Waals surface area contributed by atoms with Gasteiger partial charge in [-0.05, 0) is 55.8 Å². The van der Waals surface area contributed by atoms with E-state index in [9.17, 15) is 0 Å². The Hall–Kier alpha value is -0.340. The molecule has 0 radical (unpaired) electrons. The Morgan fingerprint density at radius 3 is 2.82 bits per heavy atom. The van der Waals surface area contributed by atoms with Crippen molar-refractivity contribution in [2.75, 3.05) is 6.54 Å². The second-order valence-corrected chi connectivity index (χ2v) is 6.39. The molecule has 1 nitrogen and oxygen atoms in total. The van der Waals surface area contributed by atoms with Crippen LogP contribution < -0.4 is 5.32 Å². The molecule has 17 heavy (non-hydrogen) atoms. The fourth-order valence-corrected chi connectivity index (χ4v) is 3.33. The first-order valence-corrected chi connectivity index (χ1v) is 7.41. The van der Waals surface area contributed by atoms with E-state index in [1.807, 2.05) is 0 Å². The zero-order chi connectivity index (χ0) is 12.3. The molecular formula is C15H22BrN. The lowest BCUT2D eigenvalue weighted by Crippen LogP contribution is -2.45. The number of benzene rings is 1. The summed E-state index contributed by atoms with van der Waals surface area (Å²) in [6.45, 7) is 5.88. The maximum Gasteiger partial charge on any atom is 0.0208 e. The highest BCUT2D eigenvalue weighted by Crippen LogP contribution is 2.32. The standard InChI is InChI=1S/C15H22BrN/c1-12(2)15(8-4-10-17-15)9-7-13-5-3-6-14(16)11-13/h3,5-6,11-12,17H,4,7-10H2,1-2H3. The molecule has 1 atom stereocenters. The molecule has 0 bridgehead atoms. The average molecular weight is 296 g/mol. The van der Waals surface area contributed by atoms with E-state index in [-0.39, 0.29) is 0 Å². The van der Waals surface area contributed by atoms with Crippen LogP contribution >= 0.6 is 15.9 Å². The zero-order valence-corrected chi connectivity index (χ0v) is 12.4. The first kappa shape index (κ1) is 13.1. The van der Waals surface area contributed by atoms with Crippen molar-refractivity contribution in [3.05, 3.63) is 34.3 Å². The van der Waals surface area contributed by atoms with E-state index in [0.717, 1.165) is 5.92 Å². The summed E-state index contributed by atoms with van der Waals surface area (Å²) >= 11 is 3.54. The average Bonchev–Trinajstić information content (AvgIpc) is 2.76. The Balaban J connectivity index is 2.01. The minimum atomic E-state index is 0.377. The monoisotopic (exact) mass is 295 g/mol. The lowest BCUT2D eigenvalue weighted by atomic mass is 9.80. The fourth-order valence-electron chi connectivity index (χ4n) is 2.88. The van der Waals surface area contributed by atoms with Crippen LogP contribution in [0, 0.1) is 5.92 Å². The van der Waals surface area contributed by atoms with Gasteiger partial charge in [0.15, 0.2) is 0 Å². The third-order valence-electron chi connectivity index (χ3n) is 4.13. The molecule has 1 aromatic carbocycles. The number of hydrogen-bond donors (Lipinski definition) is 1. The van der Waals surface area contributed by atoms with Crippen molar-refractivity contribution in [3.63, 3.8) is 0 Å². The molecule has 1 saturated heterocycles. The van der Waals surface area contributed by atoms with Crippen LogP contribution in [0.5, 0.6) is 0 Å². The van der Waals surface area contributed by atoms with E-state index in [4.69, 9.17) is 0 Å². The smallest absolute Gasteiger partial charge is 0.0208 e. The highest BCUT2D eigenvalue weighted by atomic mass is 79.9. The quantitative estimate of drug-likeness (QED) is 0.879. The van der Waals surface area contributed by atoms with Crippen molar-refractivity contribution < 1.29 is 0 Å². The van der Waals surface area contributed by atoms with E-state index < -0.39 is 0 Å². The van der Waals surface area contributed by atoms with Crippen LogP contribution in [-0.2, 0) is 6.42 Å². The highest BCUT2D eigenvalue weighted by molar-refractivity contribution is 9.10. The van der Waals surface area contributed by atoms with Crippen molar-refractivity contribution in [2.24, 2.45) is 5.92 Å². The molecule has 0 aromatic heterocycles. The van der Waals surface area contributed by atoms with E-state index in [2.05, 4.69) is 59.4 Å². The van der Waals surface area contributed by atoms with Gasteiger partial charge in [-0.1, -0.05) is 41.9 Å². The van der Waals surface area contributed by atoms with Crippen LogP contribution in [0.2, 0.25) is 0 Å². The van der Waals surface area contributed by atoms with Gasteiger partial charge in [0.2, 0.25) is 0 Å². The van der Waals surface area contributed by atoms with Gasteiger partial charge in [0.05, 0.1) is 0 Å². The van der Waals surface area contributed by atoms with Gasteiger partial charge < -0.3 is 5.32 Å². The number of rotatable bonds is 4. The molecule has 1 fully saturated rings. The van der Waals surface area contributed by atoms with Crippen LogP contribution in [0.4, 0.5) is 0 Å². The summed E-state index contributed by atoms with van der Waals surface area (Å²) in [7, 11) is 0. The van der Waals surface area contributed by atoms with E-state index in [0.29, 0.717) is 5.54 Å². The molecule has 2 heteroatoms. The zero-order valence-electron chi connectivity index (χ0n) is 10.8. The molecule has 1 aromatic rings. The summed E-state index contributed by atoms with van der Waals surface area (Å²) in [4.78, 5) is 0. The van der Waals surface area contributed by atoms with Crippen LogP contribution in [0.25, 0.3) is 0 Å². The number of halogens is 1. The second-order valence-electron chi connectivity index (χ2n) is 5.47. The summed E-state index contributed by atoms with van der Waals surface area (Å²) < 4.78 is 1.19. The Morgan fingerprint density at radius 1 is 1.41 bits per heavy atom. The lowest BCUT2D eigenvalue weighted by Gasteiger charge is -2.34. The normalized spacial score (nSPS) is 24.5. The molecule has 0 saturated carbocycles. The molecule has 1 heterocycles.